The van der Waals surface area contributed by atoms with Gasteiger partial charge in [-0.2, -0.15) is 0 Å². The third kappa shape index (κ3) is 5.08. The van der Waals surface area contributed by atoms with Crippen molar-refractivity contribution < 1.29 is 23.9 Å². The molecule has 0 bridgehead atoms. The number of hydrogen-bond acceptors (Lipinski definition) is 6. The highest BCUT2D eigenvalue weighted by molar-refractivity contribution is 5.99. The number of fused-ring (bicyclic) bond motifs is 1. The van der Waals surface area contributed by atoms with Crippen LogP contribution in [0.25, 0.3) is 0 Å². The highest BCUT2D eigenvalue weighted by Gasteiger charge is 2.48. The Labute approximate surface area is 209 Å². The van der Waals surface area contributed by atoms with Crippen LogP contribution in [0.15, 0.2) is 78.9 Å². The Morgan fingerprint density at radius 3 is 2.56 bits per heavy atom. The smallest absolute Gasteiger partial charge is 0.252 e. The van der Waals surface area contributed by atoms with E-state index >= 15 is 0 Å². The molecule has 2 aliphatic rings. The Morgan fingerprint density at radius 2 is 1.78 bits per heavy atom. The molecule has 36 heavy (non-hydrogen) atoms. The number of para-hydroxylation sites is 1. The number of nitrogens with zero attached hydrogens (tertiary/aromatic N) is 1. The first kappa shape index (κ1) is 23.6. The fraction of sp³-hybridized carbons (Fsp3) is 0.250. The van der Waals surface area contributed by atoms with Gasteiger partial charge in [0.15, 0.2) is 5.78 Å². The molecule has 5 rings (SSSR count). The summed E-state index contributed by atoms with van der Waals surface area (Å²) in [6.45, 7) is 0.427. The molecule has 8 nitrogen and oxygen atoms in total. The zero-order valence-electron chi connectivity index (χ0n) is 19.6. The Kier molecular flexibility index (Phi) is 6.69. The normalized spacial score (nSPS) is 19.6. The van der Waals surface area contributed by atoms with Crippen molar-refractivity contribution in [2.24, 2.45) is 0 Å². The molecule has 2 amide bonds. The van der Waals surface area contributed by atoms with Crippen LogP contribution >= 0.6 is 0 Å². The molecule has 3 N–H and O–H groups in total. The van der Waals surface area contributed by atoms with Crippen molar-refractivity contribution in [2.45, 2.75) is 31.0 Å². The van der Waals surface area contributed by atoms with Crippen LogP contribution in [0.5, 0.6) is 11.5 Å². The third-order valence-electron chi connectivity index (χ3n) is 6.49. The van der Waals surface area contributed by atoms with Gasteiger partial charge in [-0.05, 0) is 54.4 Å². The fourth-order valence-corrected chi connectivity index (χ4v) is 4.70. The predicted octanol–water partition coefficient (Wildman–Crippen LogP) is 2.97. The second kappa shape index (κ2) is 10.2. The number of ether oxygens (including phenoxy) is 2. The number of nitrogen functional groups attached to an aromatic ring is 1. The number of carbonyl (C=O) groups is 3. The van der Waals surface area contributed by atoms with Crippen molar-refractivity contribution >= 4 is 23.3 Å². The van der Waals surface area contributed by atoms with Crippen molar-refractivity contribution in [3.8, 4) is 11.5 Å². The number of Topliss-reactive ketones (excluding diaryl/α,β-unsaturated/α-hetero) is 1. The van der Waals surface area contributed by atoms with E-state index in [2.05, 4.69) is 5.32 Å². The number of ketones is 1. The lowest BCUT2D eigenvalue weighted by molar-refractivity contribution is -0.138. The van der Waals surface area contributed by atoms with Crippen molar-refractivity contribution in [3.05, 3.63) is 90.0 Å². The molecule has 0 aromatic heterocycles. The zero-order chi connectivity index (χ0) is 25.1. The standard InChI is InChI=1S/C28H27N3O5/c29-20-11-9-18(10-12-20)15-23(28(34)31-14-13-25-26(31)24(32)17-35-25)30-27(33)19-5-4-8-22(16-19)36-21-6-2-1-3-7-21/h1-12,16,23,25-26H,13-15,17,29H2,(H,30,33). The van der Waals surface area contributed by atoms with Gasteiger partial charge >= 0.3 is 0 Å². The van der Waals surface area contributed by atoms with E-state index in [0.717, 1.165) is 5.56 Å². The first-order valence-electron chi connectivity index (χ1n) is 11.9. The lowest BCUT2D eigenvalue weighted by Crippen LogP contribution is -2.53. The number of rotatable bonds is 7. The Bertz CT molecular complexity index is 1260. The van der Waals surface area contributed by atoms with Gasteiger partial charge in [0, 0.05) is 24.2 Å². The van der Waals surface area contributed by atoms with Gasteiger partial charge in [-0.25, -0.2) is 0 Å². The van der Waals surface area contributed by atoms with Crippen LogP contribution < -0.4 is 15.8 Å². The van der Waals surface area contributed by atoms with Gasteiger partial charge in [-0.3, -0.25) is 14.4 Å². The van der Waals surface area contributed by atoms with Gasteiger partial charge in [0.05, 0.1) is 6.10 Å². The lowest BCUT2D eigenvalue weighted by Gasteiger charge is -2.27. The average molecular weight is 486 g/mol. The molecule has 2 heterocycles. The average Bonchev–Trinajstić information content (AvgIpc) is 3.48. The fourth-order valence-electron chi connectivity index (χ4n) is 4.70. The van der Waals surface area contributed by atoms with Gasteiger partial charge in [-0.1, -0.05) is 36.4 Å². The van der Waals surface area contributed by atoms with Crippen LogP contribution in [-0.4, -0.2) is 53.8 Å². The van der Waals surface area contributed by atoms with Crippen LogP contribution in [-0.2, 0) is 20.7 Å². The molecule has 0 saturated carbocycles. The Balaban J connectivity index is 1.36. The Hall–Kier alpha value is -4.17. The summed E-state index contributed by atoms with van der Waals surface area (Å²) >= 11 is 0. The number of hydrogen-bond donors (Lipinski definition) is 2. The van der Waals surface area contributed by atoms with Crippen LogP contribution in [0.3, 0.4) is 0 Å². The van der Waals surface area contributed by atoms with E-state index in [1.54, 1.807) is 41.3 Å². The molecule has 184 valence electrons. The molecule has 3 aromatic rings. The minimum atomic E-state index is -0.869. The number of amides is 2. The highest BCUT2D eigenvalue weighted by Crippen LogP contribution is 2.28. The highest BCUT2D eigenvalue weighted by atomic mass is 16.5. The van der Waals surface area contributed by atoms with E-state index in [1.165, 1.54) is 0 Å². The van der Waals surface area contributed by atoms with E-state index in [-0.39, 0.29) is 30.8 Å². The van der Waals surface area contributed by atoms with Crippen molar-refractivity contribution in [3.63, 3.8) is 0 Å². The molecule has 0 radical (unpaired) electrons. The van der Waals surface area contributed by atoms with Gasteiger partial charge in [0.25, 0.3) is 5.91 Å². The van der Waals surface area contributed by atoms with E-state index in [9.17, 15) is 14.4 Å². The predicted molar refractivity (Wildman–Crippen MR) is 134 cm³/mol. The summed E-state index contributed by atoms with van der Waals surface area (Å²) in [6, 6.07) is 21.8. The van der Waals surface area contributed by atoms with E-state index < -0.39 is 18.0 Å². The molecule has 3 aromatic carbocycles. The summed E-state index contributed by atoms with van der Waals surface area (Å²) in [5, 5.41) is 2.89. The minimum Gasteiger partial charge on any atom is -0.457 e. The molecule has 0 aliphatic carbocycles. The first-order valence-corrected chi connectivity index (χ1v) is 11.9. The van der Waals surface area contributed by atoms with E-state index in [0.29, 0.717) is 35.7 Å². The van der Waals surface area contributed by atoms with Crippen LogP contribution in [0.4, 0.5) is 5.69 Å². The van der Waals surface area contributed by atoms with E-state index in [1.807, 2.05) is 42.5 Å². The van der Waals surface area contributed by atoms with Gasteiger partial charge in [0.1, 0.15) is 30.2 Å². The molecule has 8 heteroatoms. The van der Waals surface area contributed by atoms with Gasteiger partial charge < -0.3 is 25.4 Å². The number of anilines is 1. The van der Waals surface area contributed by atoms with Crippen LogP contribution in [0, 0.1) is 0 Å². The Morgan fingerprint density at radius 1 is 1.03 bits per heavy atom. The maximum absolute atomic E-state index is 13.6. The molecule has 2 aliphatic heterocycles. The maximum Gasteiger partial charge on any atom is 0.252 e. The van der Waals surface area contributed by atoms with Crippen molar-refractivity contribution in [1.29, 1.82) is 0 Å². The summed E-state index contributed by atoms with van der Waals surface area (Å²) in [7, 11) is 0. The van der Waals surface area contributed by atoms with Gasteiger partial charge in [-0.15, -0.1) is 0 Å². The van der Waals surface area contributed by atoms with Crippen molar-refractivity contribution in [2.75, 3.05) is 18.9 Å². The number of nitrogens with one attached hydrogen (secondary N) is 1. The molecule has 0 spiro atoms. The van der Waals surface area contributed by atoms with E-state index in [4.69, 9.17) is 15.2 Å². The third-order valence-corrected chi connectivity index (χ3v) is 6.49. The van der Waals surface area contributed by atoms with Crippen LogP contribution in [0.2, 0.25) is 0 Å². The summed E-state index contributed by atoms with van der Waals surface area (Å²) in [6.07, 6.45) is 0.582. The summed E-state index contributed by atoms with van der Waals surface area (Å²) in [5.41, 5.74) is 7.62. The molecule has 3 unspecified atom stereocenters. The van der Waals surface area contributed by atoms with Gasteiger partial charge in [0.2, 0.25) is 5.91 Å². The summed E-state index contributed by atoms with van der Waals surface area (Å²) in [4.78, 5) is 40.8. The largest absolute Gasteiger partial charge is 0.457 e. The number of carbonyl (C=O) groups excluding carboxylic acids is 3. The number of nitrogens with two attached hydrogens (primary N) is 1. The molecule has 2 fully saturated rings. The van der Waals surface area contributed by atoms with Crippen LogP contribution in [0.1, 0.15) is 22.3 Å². The second-order valence-electron chi connectivity index (χ2n) is 9.00. The minimum absolute atomic E-state index is 0.0162. The molecular weight excluding hydrogens is 458 g/mol. The zero-order valence-corrected chi connectivity index (χ0v) is 19.6. The molecule has 2 saturated heterocycles. The molecule has 3 atom stereocenters. The number of likely N-dealkylation sites (tertiary alicyclic amines) is 1. The SMILES string of the molecule is Nc1ccc(CC(NC(=O)c2cccc(Oc3ccccc3)c2)C(=O)N2CCC3OCC(=O)C32)cc1. The van der Waals surface area contributed by atoms with Crippen molar-refractivity contribution in [1.82, 2.24) is 10.2 Å². The lowest BCUT2D eigenvalue weighted by atomic mass is 10.0. The maximum atomic E-state index is 13.6. The topological polar surface area (TPSA) is 111 Å². The second-order valence-corrected chi connectivity index (χ2v) is 9.00. The number of benzene rings is 3. The summed E-state index contributed by atoms with van der Waals surface area (Å²) in [5.74, 6) is 0.342. The quantitative estimate of drug-likeness (QED) is 0.498. The monoisotopic (exact) mass is 485 g/mol. The molecular formula is C28H27N3O5. The first-order chi connectivity index (χ1) is 17.5. The summed E-state index contributed by atoms with van der Waals surface area (Å²) < 4.78 is 11.4.